The Morgan fingerprint density at radius 1 is 1.00 bits per heavy atom. The summed E-state index contributed by atoms with van der Waals surface area (Å²) in [5.41, 5.74) is 2.49. The number of rotatable bonds is 7. The van der Waals surface area contributed by atoms with Gasteiger partial charge >= 0.3 is 6.03 Å². The molecule has 0 unspecified atom stereocenters. The summed E-state index contributed by atoms with van der Waals surface area (Å²) in [5.74, 6) is 0.705. The van der Waals surface area contributed by atoms with E-state index in [4.69, 9.17) is 4.74 Å². The molecule has 0 radical (unpaired) electrons. The van der Waals surface area contributed by atoms with Crippen LogP contribution in [-0.4, -0.2) is 59.7 Å². The van der Waals surface area contributed by atoms with Crippen molar-refractivity contribution >= 4 is 21.7 Å². The molecular weight excluding hydrogens is 404 g/mol. The van der Waals surface area contributed by atoms with Crippen molar-refractivity contribution in [2.75, 3.05) is 45.2 Å². The number of hydrogen-bond acceptors (Lipinski definition) is 5. The molecule has 0 aromatic heterocycles. The fourth-order valence-electron chi connectivity index (χ4n) is 3.47. The second-order valence-electron chi connectivity index (χ2n) is 7.04. The molecule has 0 spiro atoms. The van der Waals surface area contributed by atoms with Crippen LogP contribution < -0.4 is 19.7 Å². The number of piperazine rings is 1. The fourth-order valence-corrected chi connectivity index (χ4v) is 4.31. The second kappa shape index (κ2) is 9.82. The number of urea groups is 1. The van der Waals surface area contributed by atoms with Gasteiger partial charge in [0.1, 0.15) is 5.75 Å². The number of hydrogen-bond donors (Lipinski definition) is 2. The summed E-state index contributed by atoms with van der Waals surface area (Å²) in [4.78, 5) is 16.6. The molecule has 9 heteroatoms. The first-order valence-electron chi connectivity index (χ1n) is 9.82. The number of benzene rings is 2. The largest absolute Gasteiger partial charge is 0.495 e. The number of nitrogens with one attached hydrogen (secondary N) is 2. The lowest BCUT2D eigenvalue weighted by Crippen LogP contribution is -2.51. The molecule has 2 aromatic rings. The highest BCUT2D eigenvalue weighted by Crippen LogP contribution is 2.28. The molecular formula is C21H28N4O4S. The Labute approximate surface area is 177 Å². The zero-order valence-corrected chi connectivity index (χ0v) is 18.1. The number of amides is 2. The van der Waals surface area contributed by atoms with Crippen LogP contribution in [0.3, 0.4) is 0 Å². The highest BCUT2D eigenvalue weighted by molar-refractivity contribution is 7.88. The van der Waals surface area contributed by atoms with Crippen LogP contribution in [0.25, 0.3) is 0 Å². The third kappa shape index (κ3) is 5.43. The van der Waals surface area contributed by atoms with Gasteiger partial charge in [-0.1, -0.05) is 36.4 Å². The van der Waals surface area contributed by atoms with Crippen LogP contribution >= 0.6 is 0 Å². The van der Waals surface area contributed by atoms with Crippen LogP contribution in [0.2, 0.25) is 0 Å². The Morgan fingerprint density at radius 3 is 2.30 bits per heavy atom. The third-order valence-electron chi connectivity index (χ3n) is 5.20. The smallest absolute Gasteiger partial charge is 0.317 e. The van der Waals surface area contributed by atoms with Gasteiger partial charge < -0.3 is 19.9 Å². The summed E-state index contributed by atoms with van der Waals surface area (Å²) < 4.78 is 31.5. The van der Waals surface area contributed by atoms with Gasteiger partial charge in [-0.25, -0.2) is 17.9 Å². The van der Waals surface area contributed by atoms with Crippen molar-refractivity contribution in [3.05, 3.63) is 59.7 Å². The normalized spacial score (nSPS) is 14.5. The van der Waals surface area contributed by atoms with E-state index in [2.05, 4.69) is 14.9 Å². The van der Waals surface area contributed by atoms with E-state index in [-0.39, 0.29) is 18.3 Å². The zero-order valence-electron chi connectivity index (χ0n) is 17.3. The van der Waals surface area contributed by atoms with Gasteiger partial charge in [0.25, 0.3) is 0 Å². The minimum absolute atomic E-state index is 0.118. The molecule has 0 saturated carbocycles. The average molecular weight is 433 g/mol. The van der Waals surface area contributed by atoms with E-state index in [0.29, 0.717) is 31.7 Å². The van der Waals surface area contributed by atoms with Crippen LogP contribution in [-0.2, 0) is 22.3 Å². The summed E-state index contributed by atoms with van der Waals surface area (Å²) in [5, 5.41) is 2.92. The minimum atomic E-state index is -3.38. The topological polar surface area (TPSA) is 91.0 Å². The molecule has 0 atom stereocenters. The molecule has 2 N–H and O–H groups in total. The van der Waals surface area contributed by atoms with Crippen LogP contribution in [0.15, 0.2) is 48.5 Å². The Morgan fingerprint density at radius 2 is 1.63 bits per heavy atom. The Kier molecular flexibility index (Phi) is 7.17. The zero-order chi connectivity index (χ0) is 21.6. The van der Waals surface area contributed by atoms with Gasteiger partial charge in [0.15, 0.2) is 0 Å². The van der Waals surface area contributed by atoms with Crippen molar-refractivity contribution in [1.82, 2.24) is 14.9 Å². The van der Waals surface area contributed by atoms with Crippen molar-refractivity contribution in [2.24, 2.45) is 0 Å². The molecule has 1 heterocycles. The van der Waals surface area contributed by atoms with E-state index in [1.165, 1.54) is 7.05 Å². The highest BCUT2D eigenvalue weighted by Gasteiger charge is 2.23. The van der Waals surface area contributed by atoms with Gasteiger partial charge in [-0.3, -0.25) is 0 Å². The molecule has 2 amide bonds. The standard InChI is InChI=1S/C21H28N4O4S/c1-22-30(27,28)16-18-8-4-3-7-17(18)15-23-21(26)25-13-11-24(12-14-25)19-9-5-6-10-20(19)29-2/h3-10,22H,11-16H2,1-2H3,(H,23,26). The SMILES string of the molecule is CNS(=O)(=O)Cc1ccccc1CNC(=O)N1CCN(c2ccccc2OC)CC1. The lowest BCUT2D eigenvalue weighted by molar-refractivity contribution is 0.194. The molecule has 0 bridgehead atoms. The van der Waals surface area contributed by atoms with Crippen molar-refractivity contribution in [3.63, 3.8) is 0 Å². The van der Waals surface area contributed by atoms with Gasteiger partial charge in [0.05, 0.1) is 18.6 Å². The number of para-hydroxylation sites is 2. The number of carbonyl (C=O) groups excluding carboxylic acids is 1. The lowest BCUT2D eigenvalue weighted by Gasteiger charge is -2.36. The third-order valence-corrected chi connectivity index (χ3v) is 6.51. The second-order valence-corrected chi connectivity index (χ2v) is 8.96. The molecule has 1 saturated heterocycles. The lowest BCUT2D eigenvalue weighted by atomic mass is 10.1. The van der Waals surface area contributed by atoms with E-state index in [0.717, 1.165) is 17.0 Å². The van der Waals surface area contributed by atoms with Gasteiger partial charge in [-0.15, -0.1) is 0 Å². The molecule has 0 aliphatic carbocycles. The molecule has 30 heavy (non-hydrogen) atoms. The van der Waals surface area contributed by atoms with Crippen molar-refractivity contribution < 1.29 is 17.9 Å². The number of ether oxygens (including phenoxy) is 1. The predicted octanol–water partition coefficient (Wildman–Crippen LogP) is 1.78. The molecule has 8 nitrogen and oxygen atoms in total. The highest BCUT2D eigenvalue weighted by atomic mass is 32.2. The van der Waals surface area contributed by atoms with E-state index in [1.807, 2.05) is 36.4 Å². The molecule has 1 aliphatic heterocycles. The summed E-state index contributed by atoms with van der Waals surface area (Å²) >= 11 is 0. The molecule has 1 aliphatic rings. The van der Waals surface area contributed by atoms with E-state index in [1.54, 1.807) is 24.1 Å². The van der Waals surface area contributed by atoms with Gasteiger partial charge in [-0.2, -0.15) is 0 Å². The minimum Gasteiger partial charge on any atom is -0.495 e. The molecule has 3 rings (SSSR count). The molecule has 2 aromatic carbocycles. The predicted molar refractivity (Wildman–Crippen MR) is 117 cm³/mol. The van der Waals surface area contributed by atoms with Crippen molar-refractivity contribution in [2.45, 2.75) is 12.3 Å². The maximum Gasteiger partial charge on any atom is 0.317 e. The first-order valence-corrected chi connectivity index (χ1v) is 11.5. The van der Waals surface area contributed by atoms with Gasteiger partial charge in [0.2, 0.25) is 10.0 Å². The summed E-state index contributed by atoms with van der Waals surface area (Å²) in [6.45, 7) is 2.90. The monoisotopic (exact) mass is 432 g/mol. The van der Waals surface area contributed by atoms with E-state index >= 15 is 0 Å². The van der Waals surface area contributed by atoms with Crippen molar-refractivity contribution in [1.29, 1.82) is 0 Å². The van der Waals surface area contributed by atoms with Crippen LogP contribution in [0.4, 0.5) is 10.5 Å². The molecule has 162 valence electrons. The van der Waals surface area contributed by atoms with Crippen LogP contribution in [0, 0.1) is 0 Å². The van der Waals surface area contributed by atoms with Gasteiger partial charge in [-0.05, 0) is 30.3 Å². The Hall–Kier alpha value is -2.78. The number of anilines is 1. The molecule has 1 fully saturated rings. The maximum atomic E-state index is 12.6. The average Bonchev–Trinajstić information content (AvgIpc) is 2.78. The van der Waals surface area contributed by atoms with Gasteiger partial charge in [0, 0.05) is 32.7 Å². The van der Waals surface area contributed by atoms with E-state index in [9.17, 15) is 13.2 Å². The number of methoxy groups -OCH3 is 1. The first-order chi connectivity index (χ1) is 14.4. The summed E-state index contributed by atoms with van der Waals surface area (Å²) in [7, 11) is -0.333. The van der Waals surface area contributed by atoms with E-state index < -0.39 is 10.0 Å². The number of sulfonamides is 1. The Bertz CT molecular complexity index is 972. The first kappa shape index (κ1) is 21.9. The Balaban J connectivity index is 1.56. The summed E-state index contributed by atoms with van der Waals surface area (Å²) in [6, 6.07) is 14.9. The summed E-state index contributed by atoms with van der Waals surface area (Å²) in [6.07, 6.45) is 0. The quantitative estimate of drug-likeness (QED) is 0.696. The van der Waals surface area contributed by atoms with Crippen LogP contribution in [0.5, 0.6) is 5.75 Å². The van der Waals surface area contributed by atoms with Crippen molar-refractivity contribution in [3.8, 4) is 5.75 Å². The maximum absolute atomic E-state index is 12.6. The number of nitrogens with zero attached hydrogens (tertiary/aromatic N) is 2. The van der Waals surface area contributed by atoms with Crippen LogP contribution in [0.1, 0.15) is 11.1 Å². The number of carbonyl (C=O) groups is 1. The fraction of sp³-hybridized carbons (Fsp3) is 0.381.